The molecule has 0 heteroatoms. The lowest BCUT2D eigenvalue weighted by Crippen LogP contribution is -2.11. The van der Waals surface area contributed by atoms with Crippen LogP contribution < -0.4 is 0 Å². The van der Waals surface area contributed by atoms with Gasteiger partial charge in [0.05, 0.1) is 0 Å². The van der Waals surface area contributed by atoms with Gasteiger partial charge >= 0.3 is 0 Å². The van der Waals surface area contributed by atoms with Crippen molar-refractivity contribution in [3.8, 4) is 0 Å². The Morgan fingerprint density at radius 3 is 2.05 bits per heavy atom. The second kappa shape index (κ2) is 8.61. The van der Waals surface area contributed by atoms with Gasteiger partial charge in [-0.25, -0.2) is 0 Å². The van der Waals surface area contributed by atoms with Crippen molar-refractivity contribution in [1.29, 1.82) is 0 Å². The van der Waals surface area contributed by atoms with E-state index in [0.717, 1.165) is 23.7 Å². The van der Waals surface area contributed by atoms with Gasteiger partial charge in [-0.2, -0.15) is 0 Å². The lowest BCUT2D eigenvalue weighted by atomic mass is 9.82. The molecule has 1 aliphatic rings. The minimum absolute atomic E-state index is 0.782. The minimum Gasteiger partial charge on any atom is -0.0842 e. The Bertz CT molecular complexity index is 295. The van der Waals surface area contributed by atoms with Crippen molar-refractivity contribution in [2.75, 3.05) is 0 Å². The van der Waals surface area contributed by atoms with Crippen molar-refractivity contribution in [3.63, 3.8) is 0 Å². The first-order chi connectivity index (χ1) is 9.00. The summed E-state index contributed by atoms with van der Waals surface area (Å²) in [5, 5.41) is 0. The Kier molecular flexibility index (Phi) is 7.49. The van der Waals surface area contributed by atoms with Crippen LogP contribution in [0.1, 0.15) is 73.1 Å². The Morgan fingerprint density at radius 1 is 0.895 bits per heavy atom. The maximum Gasteiger partial charge on any atom is -0.0228 e. The molecule has 0 N–H and O–H groups in total. The zero-order valence-corrected chi connectivity index (χ0v) is 13.8. The van der Waals surface area contributed by atoms with Crippen LogP contribution in [-0.2, 0) is 0 Å². The molecular formula is C19H34. The predicted molar refractivity (Wildman–Crippen MR) is 87.3 cm³/mol. The van der Waals surface area contributed by atoms with E-state index in [1.54, 1.807) is 5.57 Å². The summed E-state index contributed by atoms with van der Waals surface area (Å²) in [7, 11) is 0. The summed E-state index contributed by atoms with van der Waals surface area (Å²) in [5.74, 6) is 3.40. The van der Waals surface area contributed by atoms with Gasteiger partial charge < -0.3 is 0 Å². The number of rotatable bonds is 8. The fourth-order valence-corrected chi connectivity index (χ4v) is 2.90. The van der Waals surface area contributed by atoms with Crippen LogP contribution in [0, 0.1) is 23.7 Å². The van der Waals surface area contributed by atoms with Crippen LogP contribution in [0.3, 0.4) is 0 Å². The molecule has 0 aromatic heterocycles. The number of allylic oxidation sites excluding steroid dienone is 4. The van der Waals surface area contributed by atoms with E-state index in [-0.39, 0.29) is 0 Å². The van der Waals surface area contributed by atoms with Gasteiger partial charge in [0.1, 0.15) is 0 Å². The molecule has 0 fully saturated rings. The molecule has 0 bridgehead atoms. The first-order valence-corrected chi connectivity index (χ1v) is 8.36. The second-order valence-corrected chi connectivity index (χ2v) is 7.11. The fraction of sp³-hybridized carbons (Fsp3) is 0.789. The minimum atomic E-state index is 0.782. The van der Waals surface area contributed by atoms with Crippen LogP contribution >= 0.6 is 0 Å². The van der Waals surface area contributed by atoms with Gasteiger partial charge in [-0.3, -0.25) is 0 Å². The van der Waals surface area contributed by atoms with Crippen molar-refractivity contribution in [2.45, 2.75) is 73.1 Å². The van der Waals surface area contributed by atoms with E-state index < -0.39 is 0 Å². The molecule has 3 atom stereocenters. The van der Waals surface area contributed by atoms with Crippen LogP contribution in [0.5, 0.6) is 0 Å². The molecule has 19 heavy (non-hydrogen) atoms. The summed E-state index contributed by atoms with van der Waals surface area (Å²) >= 11 is 0. The van der Waals surface area contributed by atoms with E-state index in [1.807, 2.05) is 0 Å². The van der Waals surface area contributed by atoms with Crippen LogP contribution in [0.15, 0.2) is 23.8 Å². The summed E-state index contributed by atoms with van der Waals surface area (Å²) in [6.45, 7) is 12.0. The third kappa shape index (κ3) is 6.45. The largest absolute Gasteiger partial charge is 0.0842 e. The van der Waals surface area contributed by atoms with Crippen LogP contribution in [-0.4, -0.2) is 0 Å². The molecule has 0 aliphatic heterocycles. The van der Waals surface area contributed by atoms with Crippen LogP contribution in [0.2, 0.25) is 0 Å². The zero-order valence-electron chi connectivity index (χ0n) is 13.8. The Hall–Kier alpha value is -0.520. The topological polar surface area (TPSA) is 0 Å². The predicted octanol–water partition coefficient (Wildman–Crippen LogP) is 6.39. The lowest BCUT2D eigenvalue weighted by molar-refractivity contribution is 0.305. The van der Waals surface area contributed by atoms with Crippen molar-refractivity contribution >= 4 is 0 Å². The molecule has 3 unspecified atom stereocenters. The van der Waals surface area contributed by atoms with E-state index in [9.17, 15) is 0 Å². The normalized spacial score (nSPS) is 20.2. The van der Waals surface area contributed by atoms with Crippen LogP contribution in [0.4, 0.5) is 0 Å². The van der Waals surface area contributed by atoms with Gasteiger partial charge in [0, 0.05) is 0 Å². The Balaban J connectivity index is 2.26. The highest BCUT2D eigenvalue weighted by Gasteiger charge is 2.16. The van der Waals surface area contributed by atoms with Crippen molar-refractivity contribution in [2.24, 2.45) is 23.7 Å². The fourth-order valence-electron chi connectivity index (χ4n) is 2.90. The van der Waals surface area contributed by atoms with Gasteiger partial charge in [-0.15, -0.1) is 0 Å². The molecule has 0 nitrogen and oxygen atoms in total. The van der Waals surface area contributed by atoms with E-state index in [0.29, 0.717) is 0 Å². The average molecular weight is 262 g/mol. The van der Waals surface area contributed by atoms with E-state index >= 15 is 0 Å². The number of hydrogen-bond acceptors (Lipinski definition) is 0. The molecule has 1 aliphatic carbocycles. The summed E-state index contributed by atoms with van der Waals surface area (Å²) in [5.41, 5.74) is 1.67. The number of hydrogen-bond donors (Lipinski definition) is 0. The summed E-state index contributed by atoms with van der Waals surface area (Å²) in [4.78, 5) is 0. The average Bonchev–Trinajstić information content (AvgIpc) is 2.42. The van der Waals surface area contributed by atoms with Crippen molar-refractivity contribution < 1.29 is 0 Å². The third-order valence-corrected chi connectivity index (χ3v) is 4.90. The van der Waals surface area contributed by atoms with E-state index in [2.05, 4.69) is 52.8 Å². The zero-order chi connectivity index (χ0) is 14.3. The molecule has 0 saturated carbocycles. The van der Waals surface area contributed by atoms with Gasteiger partial charge in [-0.05, 0) is 49.4 Å². The van der Waals surface area contributed by atoms with Crippen molar-refractivity contribution in [1.82, 2.24) is 0 Å². The molecule has 110 valence electrons. The molecule has 0 heterocycles. The highest BCUT2D eigenvalue weighted by molar-refractivity contribution is 5.19. The third-order valence-electron chi connectivity index (χ3n) is 4.90. The van der Waals surface area contributed by atoms with Gasteiger partial charge in [0.25, 0.3) is 0 Å². The summed E-state index contributed by atoms with van der Waals surface area (Å²) in [6, 6.07) is 0. The maximum atomic E-state index is 2.45. The molecule has 0 spiro atoms. The second-order valence-electron chi connectivity index (χ2n) is 7.11. The van der Waals surface area contributed by atoms with Crippen LogP contribution in [0.25, 0.3) is 0 Å². The standard InChI is InChI=1S/C19H34/c1-15(2)11-12-16(3)17(4)13-14-18(5)19-9-7-6-8-10-19/h6-7,9,15-18H,8,10-14H2,1-5H3. The monoisotopic (exact) mass is 262 g/mol. The van der Waals surface area contributed by atoms with Crippen molar-refractivity contribution in [3.05, 3.63) is 23.8 Å². The SMILES string of the molecule is CC(C)CCC(C)C(C)CCC(C)C1=CC=CCC1. The Labute approximate surface area is 121 Å². The molecule has 1 rings (SSSR count). The molecule has 0 saturated heterocycles. The smallest absolute Gasteiger partial charge is 0.0228 e. The van der Waals surface area contributed by atoms with E-state index in [4.69, 9.17) is 0 Å². The summed E-state index contributed by atoms with van der Waals surface area (Å²) < 4.78 is 0. The highest BCUT2D eigenvalue weighted by Crippen LogP contribution is 2.29. The first kappa shape index (κ1) is 16.5. The highest BCUT2D eigenvalue weighted by atomic mass is 14.2. The Morgan fingerprint density at radius 2 is 1.53 bits per heavy atom. The first-order valence-electron chi connectivity index (χ1n) is 8.36. The molecule has 0 aromatic rings. The summed E-state index contributed by atoms with van der Waals surface area (Å²) in [6.07, 6.45) is 15.0. The molecule has 0 amide bonds. The van der Waals surface area contributed by atoms with Gasteiger partial charge in [0.15, 0.2) is 0 Å². The van der Waals surface area contributed by atoms with E-state index in [1.165, 1.54) is 38.5 Å². The molecule has 0 radical (unpaired) electrons. The molecular weight excluding hydrogens is 228 g/mol. The van der Waals surface area contributed by atoms with Gasteiger partial charge in [0.2, 0.25) is 0 Å². The quantitative estimate of drug-likeness (QED) is 0.475. The molecule has 0 aromatic carbocycles. The van der Waals surface area contributed by atoms with Gasteiger partial charge in [-0.1, -0.05) is 71.3 Å². The lowest BCUT2D eigenvalue weighted by Gasteiger charge is -2.24. The maximum absolute atomic E-state index is 2.45.